The van der Waals surface area contributed by atoms with Crippen molar-refractivity contribution in [2.45, 2.75) is 31.2 Å². The lowest BCUT2D eigenvalue weighted by Gasteiger charge is -2.35. The average Bonchev–Trinajstić information content (AvgIpc) is 3.35. The van der Waals surface area contributed by atoms with E-state index < -0.39 is 0 Å². The fourth-order valence-corrected chi connectivity index (χ4v) is 4.88. The topological polar surface area (TPSA) is 33.2 Å². The summed E-state index contributed by atoms with van der Waals surface area (Å²) in [5.41, 5.74) is 5.26. The molecule has 1 saturated carbocycles. The van der Waals surface area contributed by atoms with Gasteiger partial charge in [0, 0.05) is 17.2 Å². The second-order valence-corrected chi connectivity index (χ2v) is 7.94. The Kier molecular flexibility index (Phi) is 2.96. The normalized spacial score (nSPS) is 22.0. The standard InChI is InChI=1S/C17H13BBrClN2O/c19-10-6-12(9-3-4-9)13-8-22-16(18(20)14(13)7-10)15-11(17(22)23)2-1-5-21-15/h1-2,5-7,9,16H,3-4,8H2. The minimum Gasteiger partial charge on any atom is -0.331 e. The Balaban J connectivity index is 1.70. The van der Waals surface area contributed by atoms with E-state index in [4.69, 9.17) is 11.5 Å². The van der Waals surface area contributed by atoms with E-state index >= 15 is 0 Å². The second kappa shape index (κ2) is 4.84. The largest absolute Gasteiger partial charge is 0.331 e. The van der Waals surface area contributed by atoms with Crippen molar-refractivity contribution >= 4 is 44.9 Å². The number of hydrogen-bond donors (Lipinski definition) is 0. The zero-order chi connectivity index (χ0) is 15.7. The van der Waals surface area contributed by atoms with Crippen LogP contribution in [0.1, 0.15) is 51.9 Å². The molecular weight excluding hydrogens is 374 g/mol. The van der Waals surface area contributed by atoms with E-state index in [0.29, 0.717) is 18.0 Å². The number of fused-ring (bicyclic) bond motifs is 4. The maximum absolute atomic E-state index is 12.8. The van der Waals surface area contributed by atoms with E-state index in [1.807, 2.05) is 17.0 Å². The van der Waals surface area contributed by atoms with Crippen molar-refractivity contribution in [1.82, 2.24) is 9.88 Å². The quantitative estimate of drug-likeness (QED) is 0.703. The predicted molar refractivity (Wildman–Crippen MR) is 94.2 cm³/mol. The molecule has 1 aromatic carbocycles. The van der Waals surface area contributed by atoms with Gasteiger partial charge in [0.15, 0.2) is 0 Å². The Bertz CT molecular complexity index is 854. The molecule has 3 aliphatic rings. The number of rotatable bonds is 1. The average molecular weight is 387 g/mol. The molecule has 6 heteroatoms. The molecule has 0 spiro atoms. The van der Waals surface area contributed by atoms with E-state index in [1.165, 1.54) is 24.0 Å². The van der Waals surface area contributed by atoms with Crippen molar-refractivity contribution < 1.29 is 4.79 Å². The third kappa shape index (κ3) is 1.96. The molecule has 0 bridgehead atoms. The Morgan fingerprint density at radius 3 is 2.96 bits per heavy atom. The summed E-state index contributed by atoms with van der Waals surface area (Å²) in [6.45, 7) is 0.636. The minimum atomic E-state index is -0.256. The van der Waals surface area contributed by atoms with Crippen LogP contribution in [0.25, 0.3) is 0 Å². The Morgan fingerprint density at radius 1 is 1.35 bits per heavy atom. The van der Waals surface area contributed by atoms with Gasteiger partial charge in [-0.05, 0) is 48.1 Å². The minimum absolute atomic E-state index is 0.0547. The van der Waals surface area contributed by atoms with Crippen LogP contribution in [0.4, 0.5) is 0 Å². The van der Waals surface area contributed by atoms with Crippen molar-refractivity contribution in [3.63, 3.8) is 0 Å². The number of carbonyl (C=O) groups excluding carboxylic acids is 1. The summed E-state index contributed by atoms with van der Waals surface area (Å²) < 4.78 is 1.07. The summed E-state index contributed by atoms with van der Waals surface area (Å²) >= 11 is 10.5. The molecular formula is C17H13BBrClN2O. The summed E-state index contributed by atoms with van der Waals surface area (Å²) in [7, 11) is 0. The number of aromatic nitrogens is 1. The van der Waals surface area contributed by atoms with Crippen molar-refractivity contribution in [1.29, 1.82) is 0 Å². The van der Waals surface area contributed by atoms with Gasteiger partial charge in [0.1, 0.15) is 0 Å². The van der Waals surface area contributed by atoms with Crippen molar-refractivity contribution in [3.8, 4) is 0 Å². The van der Waals surface area contributed by atoms with Crippen molar-refractivity contribution in [2.24, 2.45) is 0 Å². The highest BCUT2D eigenvalue weighted by molar-refractivity contribution is 9.10. The van der Waals surface area contributed by atoms with Crippen LogP contribution in [0.2, 0.25) is 0 Å². The van der Waals surface area contributed by atoms with Gasteiger partial charge >= 0.3 is 6.13 Å². The van der Waals surface area contributed by atoms with Gasteiger partial charge in [0.2, 0.25) is 0 Å². The molecule has 1 atom stereocenters. The highest BCUT2D eigenvalue weighted by Gasteiger charge is 2.49. The van der Waals surface area contributed by atoms with Crippen LogP contribution in [0.3, 0.4) is 0 Å². The van der Waals surface area contributed by atoms with Gasteiger partial charge in [-0.3, -0.25) is 9.78 Å². The number of halogens is 2. The zero-order valence-corrected chi connectivity index (χ0v) is 14.6. The van der Waals surface area contributed by atoms with E-state index in [2.05, 4.69) is 33.0 Å². The fraction of sp³-hybridized carbons (Fsp3) is 0.294. The monoisotopic (exact) mass is 386 g/mol. The molecule has 1 aliphatic carbocycles. The highest BCUT2D eigenvalue weighted by Crippen LogP contribution is 2.46. The second-order valence-electron chi connectivity index (χ2n) is 6.55. The Hall–Kier alpha value is -1.33. The third-order valence-electron chi connectivity index (χ3n) is 5.15. The molecule has 0 saturated heterocycles. The maximum Gasteiger partial charge on any atom is 0.312 e. The number of carbonyl (C=O) groups is 1. The number of pyridine rings is 1. The van der Waals surface area contributed by atoms with Crippen molar-refractivity contribution in [2.75, 3.05) is 0 Å². The van der Waals surface area contributed by atoms with Gasteiger partial charge < -0.3 is 4.90 Å². The summed E-state index contributed by atoms with van der Waals surface area (Å²) in [5.74, 6) is 0.521. The molecule has 0 radical (unpaired) electrons. The molecule has 1 fully saturated rings. The van der Waals surface area contributed by atoms with Crippen molar-refractivity contribution in [3.05, 3.63) is 57.3 Å². The number of benzene rings is 1. The van der Waals surface area contributed by atoms with Crippen LogP contribution < -0.4 is 5.46 Å². The molecule has 0 N–H and O–H groups in total. The van der Waals surface area contributed by atoms with Gasteiger partial charge in [-0.1, -0.05) is 27.5 Å². The molecule has 23 heavy (non-hydrogen) atoms. The van der Waals surface area contributed by atoms with Gasteiger partial charge in [0.05, 0.1) is 17.2 Å². The van der Waals surface area contributed by atoms with Crippen LogP contribution in [-0.2, 0) is 6.54 Å². The van der Waals surface area contributed by atoms with E-state index in [9.17, 15) is 4.79 Å². The first kappa shape index (κ1) is 14.1. The Labute approximate surface area is 148 Å². The fourth-order valence-electron chi connectivity index (χ4n) is 3.94. The van der Waals surface area contributed by atoms with E-state index in [1.54, 1.807) is 6.20 Å². The lowest BCUT2D eigenvalue weighted by atomic mass is 9.56. The molecule has 3 heterocycles. The first-order chi connectivity index (χ1) is 11.1. The molecule has 1 unspecified atom stereocenters. The van der Waals surface area contributed by atoms with E-state index in [-0.39, 0.29) is 18.0 Å². The summed E-state index contributed by atoms with van der Waals surface area (Å²) in [5, 5.41) is 0. The highest BCUT2D eigenvalue weighted by atomic mass is 79.9. The van der Waals surface area contributed by atoms with Crippen LogP contribution in [0.5, 0.6) is 0 Å². The number of nitrogens with zero attached hydrogens (tertiary/aromatic N) is 2. The van der Waals surface area contributed by atoms with Crippen LogP contribution >= 0.6 is 27.4 Å². The van der Waals surface area contributed by atoms with Gasteiger partial charge in [-0.25, -0.2) is 0 Å². The molecule has 1 aromatic heterocycles. The molecule has 2 aromatic rings. The first-order valence-electron chi connectivity index (χ1n) is 7.87. The van der Waals surface area contributed by atoms with Gasteiger partial charge in [-0.2, -0.15) is 11.5 Å². The number of amides is 1. The van der Waals surface area contributed by atoms with Gasteiger partial charge in [-0.15, -0.1) is 0 Å². The summed E-state index contributed by atoms with van der Waals surface area (Å²) in [6.07, 6.45) is 3.95. The molecule has 1 amide bonds. The molecule has 2 aliphatic heterocycles. The lowest BCUT2D eigenvalue weighted by Crippen LogP contribution is -2.49. The number of hydrogen-bond acceptors (Lipinski definition) is 2. The summed E-state index contributed by atoms with van der Waals surface area (Å²) in [6, 6.07) is 7.99. The van der Waals surface area contributed by atoms with Crippen LogP contribution in [0.15, 0.2) is 34.9 Å². The molecule has 3 nitrogen and oxygen atoms in total. The molecule has 5 rings (SSSR count). The first-order valence-corrected chi connectivity index (χ1v) is 9.10. The third-order valence-corrected chi connectivity index (χ3v) is 6.08. The maximum atomic E-state index is 12.8. The SMILES string of the molecule is O=C1c2cccnc2C2B(Cl)c3cc(Br)cc(C4CC4)c3CN12. The molecule has 114 valence electrons. The van der Waals surface area contributed by atoms with E-state index in [0.717, 1.165) is 15.6 Å². The smallest absolute Gasteiger partial charge is 0.312 e. The zero-order valence-electron chi connectivity index (χ0n) is 12.3. The van der Waals surface area contributed by atoms with Crippen LogP contribution in [-0.4, -0.2) is 21.9 Å². The predicted octanol–water partition coefficient (Wildman–Crippen LogP) is 3.41. The van der Waals surface area contributed by atoms with Crippen LogP contribution in [0, 0.1) is 0 Å². The lowest BCUT2D eigenvalue weighted by molar-refractivity contribution is 0.0751. The van der Waals surface area contributed by atoms with Gasteiger partial charge in [0.25, 0.3) is 5.91 Å². The summed E-state index contributed by atoms with van der Waals surface area (Å²) in [4.78, 5) is 19.1. The Morgan fingerprint density at radius 2 is 2.17 bits per heavy atom.